The molecular weight excluding hydrogens is 282 g/mol. The molecule has 0 aliphatic carbocycles. The van der Waals surface area contributed by atoms with Gasteiger partial charge >= 0.3 is 0 Å². The predicted molar refractivity (Wildman–Crippen MR) is 85.1 cm³/mol. The molecule has 0 radical (unpaired) electrons. The van der Waals surface area contributed by atoms with Crippen molar-refractivity contribution >= 4 is 5.91 Å². The van der Waals surface area contributed by atoms with Gasteiger partial charge in [0.1, 0.15) is 5.56 Å². The fourth-order valence-electron chi connectivity index (χ4n) is 3.06. The molecule has 1 aliphatic heterocycles. The second-order valence-electron chi connectivity index (χ2n) is 6.60. The Labute approximate surface area is 131 Å². The molecule has 1 fully saturated rings. The van der Waals surface area contributed by atoms with Crippen LogP contribution in [0.3, 0.4) is 0 Å². The maximum atomic E-state index is 12.6. The van der Waals surface area contributed by atoms with Crippen LogP contribution < -0.4 is 5.43 Å². The number of aryl methyl sites for hydroxylation is 2. The summed E-state index contributed by atoms with van der Waals surface area (Å²) in [5, 5.41) is 10.7. The molecule has 6 nitrogen and oxygen atoms in total. The first kappa shape index (κ1) is 16.7. The van der Waals surface area contributed by atoms with E-state index < -0.39 is 5.60 Å². The minimum atomic E-state index is -0.909. The van der Waals surface area contributed by atoms with Crippen molar-refractivity contribution in [2.24, 2.45) is 7.05 Å². The van der Waals surface area contributed by atoms with E-state index in [1.165, 1.54) is 6.07 Å². The Morgan fingerprint density at radius 2 is 2.14 bits per heavy atom. The Morgan fingerprint density at radius 3 is 2.77 bits per heavy atom. The lowest BCUT2D eigenvalue weighted by Crippen LogP contribution is -2.55. The van der Waals surface area contributed by atoms with Crippen molar-refractivity contribution in [2.45, 2.75) is 25.4 Å². The quantitative estimate of drug-likeness (QED) is 0.868. The normalized spacial score (nSPS) is 22.2. The van der Waals surface area contributed by atoms with Gasteiger partial charge in [-0.1, -0.05) is 0 Å². The summed E-state index contributed by atoms with van der Waals surface area (Å²) in [6, 6.07) is 1.48. The number of β-amino-alcohol motifs (C(OH)–C–C–N with tert-alkyl or cyclic N) is 1. The fraction of sp³-hybridized carbons (Fsp3) is 0.625. The smallest absolute Gasteiger partial charge is 0.259 e. The van der Waals surface area contributed by atoms with Crippen LogP contribution in [0.4, 0.5) is 0 Å². The molecule has 1 aliphatic rings. The van der Waals surface area contributed by atoms with Crippen molar-refractivity contribution in [1.29, 1.82) is 0 Å². The van der Waals surface area contributed by atoms with Gasteiger partial charge in [-0.15, -0.1) is 0 Å². The Morgan fingerprint density at radius 1 is 1.45 bits per heavy atom. The van der Waals surface area contributed by atoms with Crippen LogP contribution in [0, 0.1) is 6.92 Å². The summed E-state index contributed by atoms with van der Waals surface area (Å²) < 4.78 is 1.77. The predicted octanol–water partition coefficient (Wildman–Crippen LogP) is 0.222. The maximum absolute atomic E-state index is 12.6. The topological polar surface area (TPSA) is 65.8 Å². The third-order valence-electron chi connectivity index (χ3n) is 4.17. The van der Waals surface area contributed by atoms with E-state index in [-0.39, 0.29) is 23.4 Å². The van der Waals surface area contributed by atoms with E-state index >= 15 is 0 Å². The number of pyridine rings is 1. The van der Waals surface area contributed by atoms with Crippen LogP contribution in [0.25, 0.3) is 0 Å². The van der Waals surface area contributed by atoms with Crippen molar-refractivity contribution < 1.29 is 9.90 Å². The van der Waals surface area contributed by atoms with Gasteiger partial charge in [0.2, 0.25) is 0 Å². The van der Waals surface area contributed by atoms with Crippen LogP contribution in [0.15, 0.2) is 17.1 Å². The molecule has 1 aromatic heterocycles. The number of rotatable bonds is 3. The van der Waals surface area contributed by atoms with Crippen molar-refractivity contribution in [3.05, 3.63) is 33.7 Å². The van der Waals surface area contributed by atoms with Crippen molar-refractivity contribution in [2.75, 3.05) is 33.7 Å². The number of hydrogen-bond donors (Lipinski definition) is 1. The summed E-state index contributed by atoms with van der Waals surface area (Å²) in [6.45, 7) is 3.17. The summed E-state index contributed by atoms with van der Waals surface area (Å²) in [7, 11) is 5.60. The van der Waals surface area contributed by atoms with E-state index in [2.05, 4.69) is 0 Å². The lowest BCUT2D eigenvalue weighted by molar-refractivity contribution is -0.0392. The highest BCUT2D eigenvalue weighted by Gasteiger charge is 2.36. The van der Waals surface area contributed by atoms with E-state index in [1.54, 1.807) is 15.7 Å². The van der Waals surface area contributed by atoms with E-state index in [9.17, 15) is 14.7 Å². The second-order valence-corrected chi connectivity index (χ2v) is 6.60. The Hall–Kier alpha value is -1.66. The summed E-state index contributed by atoms with van der Waals surface area (Å²) in [5.41, 5.74) is -0.193. The van der Waals surface area contributed by atoms with Crippen molar-refractivity contribution in [3.63, 3.8) is 0 Å². The molecule has 0 bridgehead atoms. The number of carbonyl (C=O) groups excluding carboxylic acids is 1. The van der Waals surface area contributed by atoms with Gasteiger partial charge in [-0.25, -0.2) is 0 Å². The van der Waals surface area contributed by atoms with E-state index in [4.69, 9.17) is 0 Å². The summed E-state index contributed by atoms with van der Waals surface area (Å²) in [5.74, 6) is -0.294. The fourth-order valence-corrected chi connectivity index (χ4v) is 3.06. The monoisotopic (exact) mass is 307 g/mol. The number of carbonyl (C=O) groups is 1. The molecule has 1 atom stereocenters. The summed E-state index contributed by atoms with van der Waals surface area (Å²) in [4.78, 5) is 28.2. The average Bonchev–Trinajstić information content (AvgIpc) is 2.40. The molecule has 122 valence electrons. The minimum Gasteiger partial charge on any atom is -0.387 e. The lowest BCUT2D eigenvalue weighted by Gasteiger charge is -2.40. The zero-order valence-corrected chi connectivity index (χ0v) is 13.8. The number of nitrogens with zero attached hydrogens (tertiary/aromatic N) is 3. The number of hydrogen-bond acceptors (Lipinski definition) is 4. The lowest BCUT2D eigenvalue weighted by atomic mass is 9.92. The molecule has 1 aromatic rings. The van der Waals surface area contributed by atoms with Gasteiger partial charge in [-0.3, -0.25) is 9.59 Å². The molecule has 1 saturated heterocycles. The molecular formula is C16H25N3O3. The molecule has 1 amide bonds. The second kappa shape index (κ2) is 6.22. The van der Waals surface area contributed by atoms with Gasteiger partial charge in [-0.05, 0) is 33.9 Å². The third-order valence-corrected chi connectivity index (χ3v) is 4.17. The SMILES string of the molecule is Cc1cc(=O)c(C(=O)N2CCC[C@@](O)(CN(C)C)C2)cn1C. The van der Waals surface area contributed by atoms with Gasteiger partial charge in [-0.2, -0.15) is 0 Å². The zero-order chi connectivity index (χ0) is 16.5. The number of aromatic nitrogens is 1. The first-order valence-corrected chi connectivity index (χ1v) is 7.55. The summed E-state index contributed by atoms with van der Waals surface area (Å²) in [6.07, 6.45) is 2.99. The van der Waals surface area contributed by atoms with Crippen molar-refractivity contribution in [3.8, 4) is 0 Å². The van der Waals surface area contributed by atoms with Gasteiger partial charge in [0.25, 0.3) is 5.91 Å². The number of likely N-dealkylation sites (tertiary alicyclic amines) is 1. The number of likely N-dealkylation sites (N-methyl/N-ethyl adjacent to an activating group) is 1. The number of amides is 1. The highest BCUT2D eigenvalue weighted by atomic mass is 16.3. The average molecular weight is 307 g/mol. The number of aliphatic hydroxyl groups is 1. The van der Waals surface area contributed by atoms with Gasteiger partial charge in [0.15, 0.2) is 5.43 Å². The Kier molecular flexibility index (Phi) is 4.72. The van der Waals surface area contributed by atoms with Gasteiger partial charge in [0, 0.05) is 38.1 Å². The largest absolute Gasteiger partial charge is 0.387 e. The van der Waals surface area contributed by atoms with E-state index in [0.717, 1.165) is 12.1 Å². The molecule has 2 heterocycles. The molecule has 0 unspecified atom stereocenters. The van der Waals surface area contributed by atoms with Crippen molar-refractivity contribution in [1.82, 2.24) is 14.4 Å². The molecule has 0 saturated carbocycles. The van der Waals surface area contributed by atoms with Crippen LogP contribution >= 0.6 is 0 Å². The van der Waals surface area contributed by atoms with E-state index in [0.29, 0.717) is 19.5 Å². The van der Waals surface area contributed by atoms with Crippen LogP contribution in [-0.2, 0) is 7.05 Å². The third kappa shape index (κ3) is 3.56. The maximum Gasteiger partial charge on any atom is 0.259 e. The van der Waals surface area contributed by atoms with Crippen LogP contribution in [-0.4, -0.2) is 64.7 Å². The molecule has 1 N–H and O–H groups in total. The Balaban J connectivity index is 2.23. The van der Waals surface area contributed by atoms with Crippen LogP contribution in [0.1, 0.15) is 28.9 Å². The minimum absolute atomic E-state index is 0.169. The summed E-state index contributed by atoms with van der Waals surface area (Å²) >= 11 is 0. The van der Waals surface area contributed by atoms with Crippen LogP contribution in [0.2, 0.25) is 0 Å². The highest BCUT2D eigenvalue weighted by molar-refractivity contribution is 5.94. The first-order chi connectivity index (χ1) is 10.2. The molecule has 22 heavy (non-hydrogen) atoms. The van der Waals surface area contributed by atoms with Crippen LogP contribution in [0.5, 0.6) is 0 Å². The number of piperidine rings is 1. The van der Waals surface area contributed by atoms with E-state index in [1.807, 2.05) is 33.0 Å². The molecule has 6 heteroatoms. The molecule has 0 aromatic carbocycles. The van der Waals surface area contributed by atoms with Gasteiger partial charge in [0.05, 0.1) is 12.1 Å². The molecule has 2 rings (SSSR count). The van der Waals surface area contributed by atoms with Gasteiger partial charge < -0.3 is 19.5 Å². The first-order valence-electron chi connectivity index (χ1n) is 7.55. The molecule has 0 spiro atoms. The Bertz CT molecular complexity index is 624. The standard InChI is InChI=1S/C16H25N3O3/c1-12-8-14(20)13(9-18(12)4)15(21)19-7-5-6-16(22,11-19)10-17(2)3/h8-9,22H,5-7,10-11H2,1-4H3/t16-/m1/s1. The highest BCUT2D eigenvalue weighted by Crippen LogP contribution is 2.22. The zero-order valence-electron chi connectivity index (χ0n) is 13.8.